The summed E-state index contributed by atoms with van der Waals surface area (Å²) >= 11 is 0. The zero-order valence-electron chi connectivity index (χ0n) is 14.3. The summed E-state index contributed by atoms with van der Waals surface area (Å²) < 4.78 is 5.10. The van der Waals surface area contributed by atoms with Gasteiger partial charge >= 0.3 is 0 Å². The fourth-order valence-corrected chi connectivity index (χ4v) is 2.83. The Kier molecular flexibility index (Phi) is 4.84. The molecule has 0 unspecified atom stereocenters. The smallest absolute Gasteiger partial charge is 0.292 e. The number of para-hydroxylation sites is 1. The van der Waals surface area contributed by atoms with Crippen molar-refractivity contribution in [1.29, 1.82) is 0 Å². The van der Waals surface area contributed by atoms with E-state index in [-0.39, 0.29) is 6.54 Å². The summed E-state index contributed by atoms with van der Waals surface area (Å²) in [4.78, 5) is 27.8. The molecule has 0 saturated carbocycles. The van der Waals surface area contributed by atoms with Crippen LogP contribution in [0.25, 0.3) is 10.9 Å². The van der Waals surface area contributed by atoms with Crippen molar-refractivity contribution in [3.63, 3.8) is 0 Å². The molecule has 25 heavy (non-hydrogen) atoms. The predicted molar refractivity (Wildman–Crippen MR) is 96.8 cm³/mol. The maximum absolute atomic E-state index is 12.5. The Morgan fingerprint density at radius 1 is 1.12 bits per heavy atom. The van der Waals surface area contributed by atoms with Crippen molar-refractivity contribution in [2.24, 2.45) is 0 Å². The Morgan fingerprint density at radius 2 is 1.88 bits per heavy atom. The van der Waals surface area contributed by atoms with E-state index in [0.29, 0.717) is 5.56 Å². The van der Waals surface area contributed by atoms with Gasteiger partial charge in [-0.15, -0.1) is 0 Å². The predicted octanol–water partition coefficient (Wildman–Crippen LogP) is 3.24. The van der Waals surface area contributed by atoms with Crippen molar-refractivity contribution in [3.8, 4) is 5.75 Å². The van der Waals surface area contributed by atoms with Gasteiger partial charge in [0.15, 0.2) is 0 Å². The summed E-state index contributed by atoms with van der Waals surface area (Å²) in [5.41, 5.74) is 3.33. The lowest BCUT2D eigenvalue weighted by Gasteiger charge is -2.06. The van der Waals surface area contributed by atoms with Crippen molar-refractivity contribution in [2.75, 3.05) is 7.11 Å². The number of benzene rings is 2. The number of aryl methyl sites for hydroxylation is 1. The topological polar surface area (TPSA) is 71.2 Å². The average Bonchev–Trinajstić information content (AvgIpc) is 3.10. The van der Waals surface area contributed by atoms with E-state index in [9.17, 15) is 9.59 Å². The van der Waals surface area contributed by atoms with Crippen LogP contribution in [0.15, 0.2) is 48.7 Å². The van der Waals surface area contributed by atoms with E-state index in [1.165, 1.54) is 0 Å². The van der Waals surface area contributed by atoms with Gasteiger partial charge in [0.05, 0.1) is 12.7 Å². The van der Waals surface area contributed by atoms with Crippen LogP contribution in [0.3, 0.4) is 0 Å². The number of methoxy groups -OCH3 is 1. The van der Waals surface area contributed by atoms with Crippen LogP contribution in [0.2, 0.25) is 0 Å². The molecule has 0 atom stereocenters. The molecule has 2 aromatic carbocycles. The highest BCUT2D eigenvalue weighted by atomic mass is 16.5. The van der Waals surface area contributed by atoms with E-state index in [0.717, 1.165) is 34.2 Å². The van der Waals surface area contributed by atoms with Crippen LogP contribution in [0.5, 0.6) is 5.75 Å². The third kappa shape index (κ3) is 3.40. The molecular weight excluding hydrogens is 316 g/mol. The van der Waals surface area contributed by atoms with Gasteiger partial charge in [0.1, 0.15) is 5.75 Å². The molecule has 0 aliphatic carbocycles. The highest BCUT2D eigenvalue weighted by molar-refractivity contribution is 6.44. The van der Waals surface area contributed by atoms with Crippen LogP contribution in [-0.4, -0.2) is 23.8 Å². The van der Waals surface area contributed by atoms with Gasteiger partial charge in [0.2, 0.25) is 0 Å². The van der Waals surface area contributed by atoms with Crippen LogP contribution in [0, 0.1) is 0 Å². The molecule has 0 fully saturated rings. The zero-order valence-corrected chi connectivity index (χ0v) is 14.3. The molecule has 1 heterocycles. The van der Waals surface area contributed by atoms with Gasteiger partial charge in [-0.1, -0.05) is 37.3 Å². The molecule has 3 aromatic rings. The highest BCUT2D eigenvalue weighted by Crippen LogP contribution is 2.22. The van der Waals surface area contributed by atoms with Crippen molar-refractivity contribution in [2.45, 2.75) is 19.9 Å². The first kappa shape index (κ1) is 16.8. The number of rotatable bonds is 6. The molecule has 3 rings (SSSR count). The molecular formula is C20H20N2O3. The van der Waals surface area contributed by atoms with Gasteiger partial charge in [-0.25, -0.2) is 0 Å². The lowest BCUT2D eigenvalue weighted by molar-refractivity contribution is -0.117. The number of aromatic amines is 1. The van der Waals surface area contributed by atoms with Crippen molar-refractivity contribution in [3.05, 3.63) is 65.4 Å². The van der Waals surface area contributed by atoms with Crippen molar-refractivity contribution < 1.29 is 14.3 Å². The molecule has 5 nitrogen and oxygen atoms in total. The number of fused-ring (bicyclic) bond motifs is 1. The molecule has 0 aliphatic rings. The number of H-pyrrole nitrogens is 1. The van der Waals surface area contributed by atoms with Crippen LogP contribution in [0.1, 0.15) is 28.4 Å². The minimum absolute atomic E-state index is 0.289. The van der Waals surface area contributed by atoms with Crippen LogP contribution in [0.4, 0.5) is 0 Å². The molecule has 1 aromatic heterocycles. The van der Waals surface area contributed by atoms with E-state index < -0.39 is 11.7 Å². The number of hydrogen-bond donors (Lipinski definition) is 2. The largest absolute Gasteiger partial charge is 0.497 e. The lowest BCUT2D eigenvalue weighted by Crippen LogP contribution is -2.30. The van der Waals surface area contributed by atoms with Gasteiger partial charge in [-0.3, -0.25) is 9.59 Å². The average molecular weight is 336 g/mol. The van der Waals surface area contributed by atoms with Gasteiger partial charge in [-0.05, 0) is 29.7 Å². The molecule has 2 N–H and O–H groups in total. The number of nitrogens with one attached hydrogen (secondary N) is 2. The molecule has 1 amide bonds. The summed E-state index contributed by atoms with van der Waals surface area (Å²) in [5, 5.41) is 3.46. The first-order valence-corrected chi connectivity index (χ1v) is 8.18. The summed E-state index contributed by atoms with van der Waals surface area (Å²) in [6.07, 6.45) is 2.47. The summed E-state index contributed by atoms with van der Waals surface area (Å²) in [7, 11) is 1.60. The van der Waals surface area contributed by atoms with E-state index in [4.69, 9.17) is 4.74 Å². The summed E-state index contributed by atoms with van der Waals surface area (Å²) in [6, 6.07) is 13.1. The van der Waals surface area contributed by atoms with Crippen LogP contribution in [-0.2, 0) is 17.8 Å². The number of carbonyl (C=O) groups excluding carboxylic acids is 2. The quantitative estimate of drug-likeness (QED) is 0.536. The Labute approximate surface area is 146 Å². The minimum atomic E-state index is -0.612. The molecule has 0 radical (unpaired) electrons. The third-order valence-electron chi connectivity index (χ3n) is 4.25. The Bertz CT molecular complexity index is 910. The zero-order chi connectivity index (χ0) is 17.8. The number of ketones is 1. The van der Waals surface area contributed by atoms with Crippen molar-refractivity contribution in [1.82, 2.24) is 10.3 Å². The highest BCUT2D eigenvalue weighted by Gasteiger charge is 2.20. The second-order valence-corrected chi connectivity index (χ2v) is 5.76. The molecule has 0 aliphatic heterocycles. The molecule has 0 bridgehead atoms. The van der Waals surface area contributed by atoms with Gasteiger partial charge in [0.25, 0.3) is 11.7 Å². The fourth-order valence-electron chi connectivity index (χ4n) is 2.83. The third-order valence-corrected chi connectivity index (χ3v) is 4.25. The van der Waals surface area contributed by atoms with Gasteiger partial charge in [0, 0.05) is 23.6 Å². The normalized spacial score (nSPS) is 10.6. The number of aromatic nitrogens is 1. The second kappa shape index (κ2) is 7.21. The lowest BCUT2D eigenvalue weighted by atomic mass is 10.0. The number of amides is 1. The summed E-state index contributed by atoms with van der Waals surface area (Å²) in [6.45, 7) is 2.34. The SMILES string of the molecule is CCc1cccc2c(C(=O)C(=O)NCc3ccc(OC)cc3)c[nH]c12. The Morgan fingerprint density at radius 3 is 2.56 bits per heavy atom. The number of carbonyl (C=O) groups is 2. The van der Waals surface area contributed by atoms with Gasteiger partial charge in [-0.2, -0.15) is 0 Å². The fraction of sp³-hybridized carbons (Fsp3) is 0.200. The molecule has 128 valence electrons. The van der Waals surface area contributed by atoms with E-state index >= 15 is 0 Å². The molecule has 0 saturated heterocycles. The second-order valence-electron chi connectivity index (χ2n) is 5.76. The monoisotopic (exact) mass is 336 g/mol. The van der Waals surface area contributed by atoms with Gasteiger partial charge < -0.3 is 15.0 Å². The first-order valence-electron chi connectivity index (χ1n) is 8.18. The maximum Gasteiger partial charge on any atom is 0.292 e. The van der Waals surface area contributed by atoms with E-state index in [1.54, 1.807) is 13.3 Å². The van der Waals surface area contributed by atoms with E-state index in [2.05, 4.69) is 17.2 Å². The molecule has 0 spiro atoms. The maximum atomic E-state index is 12.5. The Balaban J connectivity index is 1.73. The minimum Gasteiger partial charge on any atom is -0.497 e. The number of Topliss-reactive ketones (excluding diaryl/α,β-unsaturated/α-hetero) is 1. The standard InChI is InChI=1S/C20H20N2O3/c1-3-14-5-4-6-16-17(12-21-18(14)16)19(23)20(24)22-11-13-7-9-15(25-2)10-8-13/h4-10,12,21H,3,11H2,1-2H3,(H,22,24). The van der Waals surface area contributed by atoms with Crippen LogP contribution >= 0.6 is 0 Å². The number of hydrogen-bond acceptors (Lipinski definition) is 3. The first-order chi connectivity index (χ1) is 12.1. The molecule has 5 heteroatoms. The summed E-state index contributed by atoms with van der Waals surface area (Å²) in [5.74, 6) is -0.400. The van der Waals surface area contributed by atoms with Crippen LogP contribution < -0.4 is 10.1 Å². The van der Waals surface area contributed by atoms with Crippen molar-refractivity contribution >= 4 is 22.6 Å². The van der Waals surface area contributed by atoms with E-state index in [1.807, 2.05) is 42.5 Å². The number of ether oxygens (including phenoxy) is 1. The Hall–Kier alpha value is -3.08.